The van der Waals surface area contributed by atoms with Crippen LogP contribution in [0, 0.1) is 5.92 Å². The quantitative estimate of drug-likeness (QED) is 0.472. The van der Waals surface area contributed by atoms with E-state index in [0.717, 1.165) is 28.1 Å². The van der Waals surface area contributed by atoms with Crippen LogP contribution in [0.4, 0.5) is 5.69 Å². The van der Waals surface area contributed by atoms with Crippen molar-refractivity contribution in [2.24, 2.45) is 5.92 Å². The minimum Gasteiger partial charge on any atom is -0.329 e. The summed E-state index contributed by atoms with van der Waals surface area (Å²) in [5, 5.41) is 2.02. The van der Waals surface area contributed by atoms with Gasteiger partial charge >= 0.3 is 0 Å². The zero-order chi connectivity index (χ0) is 22.8. The summed E-state index contributed by atoms with van der Waals surface area (Å²) in [6, 6.07) is 19.4. The number of rotatable bonds is 6. The highest BCUT2D eigenvalue weighted by Gasteiger charge is 2.45. The van der Waals surface area contributed by atoms with Gasteiger partial charge in [0.2, 0.25) is 5.91 Å². The molecule has 0 saturated carbocycles. The Morgan fingerprint density at radius 2 is 1.78 bits per heavy atom. The number of nitrogens with zero attached hydrogens (tertiary/aromatic N) is 2. The number of benzene rings is 2. The fourth-order valence-corrected chi connectivity index (χ4v) is 5.57. The molecule has 0 aliphatic carbocycles. The van der Waals surface area contributed by atoms with Crippen LogP contribution in [0.3, 0.4) is 0 Å². The Balaban J connectivity index is 1.87. The van der Waals surface area contributed by atoms with Crippen LogP contribution >= 0.6 is 11.3 Å². The molecule has 1 aromatic heterocycles. The van der Waals surface area contributed by atoms with E-state index in [-0.39, 0.29) is 17.9 Å². The highest BCUT2D eigenvalue weighted by molar-refractivity contribution is 7.10. The molecule has 0 saturated heterocycles. The van der Waals surface area contributed by atoms with Gasteiger partial charge in [-0.2, -0.15) is 0 Å². The largest absolute Gasteiger partial charge is 0.329 e. The van der Waals surface area contributed by atoms with Gasteiger partial charge < -0.3 is 9.80 Å². The molecule has 5 heteroatoms. The Hall–Kier alpha value is -2.92. The number of hydrogen-bond donors (Lipinski definition) is 0. The molecule has 0 N–H and O–H groups in total. The Morgan fingerprint density at radius 3 is 2.47 bits per heavy atom. The summed E-state index contributed by atoms with van der Waals surface area (Å²) in [6.45, 7) is 6.93. The van der Waals surface area contributed by atoms with E-state index in [0.29, 0.717) is 18.0 Å². The van der Waals surface area contributed by atoms with Gasteiger partial charge in [-0.3, -0.25) is 9.59 Å². The summed E-state index contributed by atoms with van der Waals surface area (Å²) in [5.74, 6) is -0.149. The molecule has 2 aromatic carbocycles. The maximum absolute atomic E-state index is 14.2. The molecule has 0 fully saturated rings. The van der Waals surface area contributed by atoms with Gasteiger partial charge in [0.05, 0.1) is 12.0 Å². The van der Waals surface area contributed by atoms with Crippen LogP contribution < -0.4 is 4.90 Å². The first-order chi connectivity index (χ1) is 15.4. The van der Waals surface area contributed by atoms with Crippen molar-refractivity contribution in [2.75, 3.05) is 18.5 Å². The van der Waals surface area contributed by atoms with Crippen molar-refractivity contribution < 1.29 is 9.59 Å². The number of amides is 2. The second-order valence-corrected chi connectivity index (χ2v) is 9.74. The summed E-state index contributed by atoms with van der Waals surface area (Å²) in [5.41, 5.74) is 3.52. The van der Waals surface area contributed by atoms with Gasteiger partial charge in [0, 0.05) is 29.7 Å². The molecule has 0 bridgehead atoms. The standard InChI is InChI=1S/C27H30N2O2S/c1-5-19-11-6-9-14-22(19)28(4)27(31)24-20-12-7-8-13-21(20)26(30)29(17-18(2)3)25(24)23-15-10-16-32-23/h6-16,18,24-25H,5,17H2,1-4H3. The second kappa shape index (κ2) is 9.29. The van der Waals surface area contributed by atoms with E-state index in [1.807, 2.05) is 71.9 Å². The zero-order valence-corrected chi connectivity index (χ0v) is 19.9. The topological polar surface area (TPSA) is 40.6 Å². The molecule has 2 amide bonds. The molecule has 2 heterocycles. The first kappa shape index (κ1) is 22.3. The zero-order valence-electron chi connectivity index (χ0n) is 19.1. The molecule has 1 aliphatic rings. The van der Waals surface area contributed by atoms with E-state index in [1.54, 1.807) is 16.2 Å². The number of thiophene rings is 1. The lowest BCUT2D eigenvalue weighted by Crippen LogP contribution is -2.48. The minimum absolute atomic E-state index is 0.00774. The lowest BCUT2D eigenvalue weighted by atomic mass is 9.80. The smallest absolute Gasteiger partial charge is 0.254 e. The van der Waals surface area contributed by atoms with E-state index >= 15 is 0 Å². The van der Waals surface area contributed by atoms with Gasteiger partial charge in [-0.1, -0.05) is 63.2 Å². The molecule has 0 radical (unpaired) electrons. The number of para-hydroxylation sites is 1. The fourth-order valence-electron chi connectivity index (χ4n) is 4.69. The van der Waals surface area contributed by atoms with Gasteiger partial charge in [0.25, 0.3) is 5.91 Å². The molecule has 2 atom stereocenters. The third-order valence-corrected chi connectivity index (χ3v) is 7.11. The predicted octanol–water partition coefficient (Wildman–Crippen LogP) is 5.91. The molecule has 1 aliphatic heterocycles. The third-order valence-electron chi connectivity index (χ3n) is 6.17. The molecule has 3 aromatic rings. The molecular formula is C27H30N2O2S. The van der Waals surface area contributed by atoms with Crippen molar-refractivity contribution in [1.29, 1.82) is 0 Å². The number of anilines is 1. The van der Waals surface area contributed by atoms with Gasteiger partial charge in [0.1, 0.15) is 0 Å². The molecule has 2 unspecified atom stereocenters. The lowest BCUT2D eigenvalue weighted by Gasteiger charge is -2.43. The summed E-state index contributed by atoms with van der Waals surface area (Å²) in [7, 11) is 1.86. The maximum Gasteiger partial charge on any atom is 0.254 e. The van der Waals surface area contributed by atoms with E-state index in [2.05, 4.69) is 26.8 Å². The summed E-state index contributed by atoms with van der Waals surface area (Å²) in [4.78, 5) is 32.5. The third kappa shape index (κ3) is 3.97. The average molecular weight is 447 g/mol. The van der Waals surface area contributed by atoms with Gasteiger partial charge in [-0.25, -0.2) is 0 Å². The van der Waals surface area contributed by atoms with E-state index in [4.69, 9.17) is 0 Å². The summed E-state index contributed by atoms with van der Waals surface area (Å²) in [6.07, 6.45) is 0.849. The Morgan fingerprint density at radius 1 is 1.06 bits per heavy atom. The highest BCUT2D eigenvalue weighted by atomic mass is 32.1. The fraction of sp³-hybridized carbons (Fsp3) is 0.333. The minimum atomic E-state index is -0.462. The summed E-state index contributed by atoms with van der Waals surface area (Å²) >= 11 is 1.61. The van der Waals surface area contributed by atoms with Crippen LogP contribution in [-0.2, 0) is 11.2 Å². The average Bonchev–Trinajstić information content (AvgIpc) is 3.34. The monoisotopic (exact) mass is 446 g/mol. The number of fused-ring (bicyclic) bond motifs is 1. The number of carbonyl (C=O) groups is 2. The second-order valence-electron chi connectivity index (χ2n) is 8.76. The van der Waals surface area contributed by atoms with Crippen molar-refractivity contribution >= 4 is 28.8 Å². The SMILES string of the molecule is CCc1ccccc1N(C)C(=O)C1c2ccccc2C(=O)N(CC(C)C)C1c1cccs1. The van der Waals surface area contributed by atoms with E-state index in [1.165, 1.54) is 0 Å². The van der Waals surface area contributed by atoms with Crippen molar-refractivity contribution in [3.63, 3.8) is 0 Å². The normalized spacial score (nSPS) is 18.0. The molecule has 166 valence electrons. The Bertz CT molecular complexity index is 1110. The number of carbonyl (C=O) groups excluding carboxylic acids is 2. The van der Waals surface area contributed by atoms with Crippen molar-refractivity contribution in [3.05, 3.63) is 87.6 Å². The predicted molar refractivity (Wildman–Crippen MR) is 131 cm³/mol. The van der Waals surface area contributed by atoms with Crippen molar-refractivity contribution in [3.8, 4) is 0 Å². The number of aryl methyl sites for hydroxylation is 1. The Labute approximate surface area is 194 Å². The van der Waals surface area contributed by atoms with E-state index in [9.17, 15) is 9.59 Å². The van der Waals surface area contributed by atoms with Crippen LogP contribution in [0.25, 0.3) is 0 Å². The Kier molecular flexibility index (Phi) is 6.47. The molecule has 0 spiro atoms. The van der Waals surface area contributed by atoms with Crippen molar-refractivity contribution in [2.45, 2.75) is 39.2 Å². The number of likely N-dealkylation sites (N-methyl/N-ethyl adjacent to an activating group) is 1. The molecular weight excluding hydrogens is 416 g/mol. The van der Waals surface area contributed by atoms with E-state index < -0.39 is 5.92 Å². The first-order valence-electron chi connectivity index (χ1n) is 11.2. The maximum atomic E-state index is 14.2. The molecule has 4 rings (SSSR count). The van der Waals surface area contributed by atoms with Crippen LogP contribution in [-0.4, -0.2) is 30.3 Å². The first-order valence-corrected chi connectivity index (χ1v) is 12.1. The molecule has 32 heavy (non-hydrogen) atoms. The number of hydrogen-bond acceptors (Lipinski definition) is 3. The van der Waals surface area contributed by atoms with Crippen LogP contribution in [0.5, 0.6) is 0 Å². The van der Waals surface area contributed by atoms with Gasteiger partial charge in [-0.15, -0.1) is 11.3 Å². The highest BCUT2D eigenvalue weighted by Crippen LogP contribution is 2.45. The van der Waals surface area contributed by atoms with Gasteiger partial charge in [-0.05, 0) is 47.0 Å². The lowest BCUT2D eigenvalue weighted by molar-refractivity contribution is -0.121. The van der Waals surface area contributed by atoms with Crippen molar-refractivity contribution in [1.82, 2.24) is 4.90 Å². The van der Waals surface area contributed by atoms with Crippen LogP contribution in [0.15, 0.2) is 66.0 Å². The molecule has 4 nitrogen and oxygen atoms in total. The van der Waals surface area contributed by atoms with Crippen LogP contribution in [0.2, 0.25) is 0 Å². The van der Waals surface area contributed by atoms with Gasteiger partial charge in [0.15, 0.2) is 0 Å². The summed E-state index contributed by atoms with van der Waals surface area (Å²) < 4.78 is 0. The van der Waals surface area contributed by atoms with Crippen LogP contribution in [0.1, 0.15) is 59.1 Å².